The van der Waals surface area contributed by atoms with Gasteiger partial charge >= 0.3 is 0 Å². The fourth-order valence-corrected chi connectivity index (χ4v) is 1.14. The van der Waals surface area contributed by atoms with Crippen LogP contribution >= 0.6 is 0 Å². The third kappa shape index (κ3) is 13.4. The van der Waals surface area contributed by atoms with E-state index in [4.69, 9.17) is 15.9 Å². The van der Waals surface area contributed by atoms with Crippen LogP contribution < -0.4 is 5.32 Å². The quantitative estimate of drug-likeness (QED) is 0.416. The van der Waals surface area contributed by atoms with Crippen LogP contribution in [-0.4, -0.2) is 40.0 Å². The molecule has 0 aliphatic rings. The maximum absolute atomic E-state index is 5.34. The first-order valence-corrected chi connectivity index (χ1v) is 5.62. The second kappa shape index (κ2) is 13.4. The number of terminal acetylenes is 1. The molecule has 0 spiro atoms. The van der Waals surface area contributed by atoms with Crippen molar-refractivity contribution < 1.29 is 9.47 Å². The fourth-order valence-electron chi connectivity index (χ4n) is 1.14. The molecule has 1 N–H and O–H groups in total. The van der Waals surface area contributed by atoms with E-state index in [1.807, 2.05) is 0 Å². The van der Waals surface area contributed by atoms with Crippen LogP contribution in [0.4, 0.5) is 0 Å². The lowest BCUT2D eigenvalue weighted by atomic mass is 10.3. The minimum absolute atomic E-state index is 0.685. The molecule has 0 rings (SSSR count). The number of unbranched alkanes of at least 4 members (excludes halogenated alkanes) is 2. The monoisotopic (exact) mass is 213 g/mol. The molecule has 0 radical (unpaired) electrons. The third-order valence-electron chi connectivity index (χ3n) is 2.00. The molecule has 15 heavy (non-hydrogen) atoms. The van der Waals surface area contributed by atoms with Gasteiger partial charge in [0.2, 0.25) is 0 Å². The summed E-state index contributed by atoms with van der Waals surface area (Å²) in [5.41, 5.74) is 0. The van der Waals surface area contributed by atoms with E-state index in [-0.39, 0.29) is 0 Å². The Morgan fingerprint density at radius 3 is 2.60 bits per heavy atom. The SMILES string of the molecule is C#CCCCNCCCCOCCOC. The Morgan fingerprint density at radius 2 is 1.87 bits per heavy atom. The van der Waals surface area contributed by atoms with E-state index in [0.29, 0.717) is 13.2 Å². The van der Waals surface area contributed by atoms with Gasteiger partial charge < -0.3 is 14.8 Å². The second-order valence-electron chi connectivity index (χ2n) is 3.37. The number of hydrogen-bond donors (Lipinski definition) is 1. The van der Waals surface area contributed by atoms with Gasteiger partial charge in [0.15, 0.2) is 0 Å². The molecule has 0 amide bonds. The lowest BCUT2D eigenvalue weighted by Crippen LogP contribution is -2.17. The smallest absolute Gasteiger partial charge is 0.0700 e. The Morgan fingerprint density at radius 1 is 1.07 bits per heavy atom. The van der Waals surface area contributed by atoms with Gasteiger partial charge in [0, 0.05) is 20.1 Å². The predicted molar refractivity (Wildman–Crippen MR) is 62.9 cm³/mol. The van der Waals surface area contributed by atoms with Crippen LogP contribution in [0.3, 0.4) is 0 Å². The van der Waals surface area contributed by atoms with Crippen molar-refractivity contribution in [1.82, 2.24) is 5.32 Å². The first-order valence-electron chi connectivity index (χ1n) is 5.62. The van der Waals surface area contributed by atoms with Gasteiger partial charge in [0.1, 0.15) is 0 Å². The van der Waals surface area contributed by atoms with Crippen molar-refractivity contribution in [2.24, 2.45) is 0 Å². The summed E-state index contributed by atoms with van der Waals surface area (Å²) >= 11 is 0. The number of hydrogen-bond acceptors (Lipinski definition) is 3. The topological polar surface area (TPSA) is 30.5 Å². The lowest BCUT2D eigenvalue weighted by molar-refractivity contribution is 0.0688. The molecule has 0 saturated carbocycles. The molecule has 0 saturated heterocycles. The van der Waals surface area contributed by atoms with Crippen molar-refractivity contribution in [3.05, 3.63) is 0 Å². The van der Waals surface area contributed by atoms with Crippen LogP contribution in [0.2, 0.25) is 0 Å². The molecule has 0 aromatic heterocycles. The van der Waals surface area contributed by atoms with Crippen LogP contribution in [0.1, 0.15) is 25.7 Å². The highest BCUT2D eigenvalue weighted by Gasteiger charge is 1.90. The Bertz CT molecular complexity index is 154. The van der Waals surface area contributed by atoms with Gasteiger partial charge in [-0.15, -0.1) is 12.3 Å². The zero-order valence-electron chi connectivity index (χ0n) is 9.76. The number of rotatable bonds is 11. The third-order valence-corrected chi connectivity index (χ3v) is 2.00. The van der Waals surface area contributed by atoms with Crippen molar-refractivity contribution >= 4 is 0 Å². The van der Waals surface area contributed by atoms with Crippen molar-refractivity contribution in [3.63, 3.8) is 0 Å². The fraction of sp³-hybridized carbons (Fsp3) is 0.833. The van der Waals surface area contributed by atoms with Crippen molar-refractivity contribution in [2.75, 3.05) is 40.0 Å². The minimum atomic E-state index is 0.685. The van der Waals surface area contributed by atoms with E-state index in [1.54, 1.807) is 7.11 Å². The zero-order chi connectivity index (χ0) is 11.2. The van der Waals surface area contributed by atoms with E-state index < -0.39 is 0 Å². The van der Waals surface area contributed by atoms with Crippen molar-refractivity contribution in [2.45, 2.75) is 25.7 Å². The largest absolute Gasteiger partial charge is 0.382 e. The zero-order valence-corrected chi connectivity index (χ0v) is 9.76. The number of nitrogens with one attached hydrogen (secondary N) is 1. The van der Waals surface area contributed by atoms with E-state index in [1.165, 1.54) is 0 Å². The molecular weight excluding hydrogens is 190 g/mol. The Kier molecular flexibility index (Phi) is 12.9. The number of methoxy groups -OCH3 is 1. The maximum Gasteiger partial charge on any atom is 0.0700 e. The summed E-state index contributed by atoms with van der Waals surface area (Å²) in [6.45, 7) is 4.29. The van der Waals surface area contributed by atoms with Crippen molar-refractivity contribution in [3.8, 4) is 12.3 Å². The molecular formula is C12H23NO2. The van der Waals surface area contributed by atoms with Gasteiger partial charge in [-0.3, -0.25) is 0 Å². The molecule has 0 aromatic carbocycles. The highest BCUT2D eigenvalue weighted by atomic mass is 16.5. The van der Waals surface area contributed by atoms with Crippen LogP contribution in [-0.2, 0) is 9.47 Å². The summed E-state index contributed by atoms with van der Waals surface area (Å²) in [4.78, 5) is 0. The van der Waals surface area contributed by atoms with Crippen LogP contribution in [0.5, 0.6) is 0 Å². The first-order chi connectivity index (χ1) is 7.41. The standard InChI is InChI=1S/C12H23NO2/c1-3-4-5-8-13-9-6-7-10-15-12-11-14-2/h1,13H,4-12H2,2H3. The number of ether oxygens (including phenoxy) is 2. The summed E-state index contributed by atoms with van der Waals surface area (Å²) in [6.07, 6.45) is 9.34. The van der Waals surface area contributed by atoms with E-state index >= 15 is 0 Å². The molecule has 0 unspecified atom stereocenters. The minimum Gasteiger partial charge on any atom is -0.382 e. The summed E-state index contributed by atoms with van der Waals surface area (Å²) in [7, 11) is 1.68. The van der Waals surface area contributed by atoms with Crippen LogP contribution in [0.15, 0.2) is 0 Å². The van der Waals surface area contributed by atoms with Gasteiger partial charge in [-0.1, -0.05) is 0 Å². The van der Waals surface area contributed by atoms with E-state index in [0.717, 1.165) is 45.4 Å². The van der Waals surface area contributed by atoms with Gasteiger partial charge in [0.25, 0.3) is 0 Å². The normalized spacial score (nSPS) is 10.1. The molecule has 0 aliphatic heterocycles. The average molecular weight is 213 g/mol. The highest BCUT2D eigenvalue weighted by molar-refractivity contribution is 4.83. The summed E-state index contributed by atoms with van der Waals surface area (Å²) in [6, 6.07) is 0. The molecule has 0 fully saturated rings. The molecule has 3 heteroatoms. The molecule has 0 heterocycles. The molecule has 3 nitrogen and oxygen atoms in total. The average Bonchev–Trinajstić information content (AvgIpc) is 2.26. The molecule has 88 valence electrons. The van der Waals surface area contributed by atoms with E-state index in [2.05, 4.69) is 11.2 Å². The maximum atomic E-state index is 5.34. The lowest BCUT2D eigenvalue weighted by Gasteiger charge is -2.04. The van der Waals surface area contributed by atoms with Crippen LogP contribution in [0.25, 0.3) is 0 Å². The Hall–Kier alpha value is -0.560. The van der Waals surface area contributed by atoms with Gasteiger partial charge in [-0.2, -0.15) is 0 Å². The van der Waals surface area contributed by atoms with Crippen molar-refractivity contribution in [1.29, 1.82) is 0 Å². The second-order valence-corrected chi connectivity index (χ2v) is 3.37. The molecule has 0 aliphatic carbocycles. The summed E-state index contributed by atoms with van der Waals surface area (Å²) < 4.78 is 10.2. The van der Waals surface area contributed by atoms with E-state index in [9.17, 15) is 0 Å². The summed E-state index contributed by atoms with van der Waals surface area (Å²) in [5.74, 6) is 2.63. The Balaban J connectivity index is 2.84. The Labute approximate surface area is 93.5 Å². The summed E-state index contributed by atoms with van der Waals surface area (Å²) in [5, 5.41) is 3.35. The first kappa shape index (κ1) is 14.4. The van der Waals surface area contributed by atoms with Crippen LogP contribution in [0, 0.1) is 12.3 Å². The van der Waals surface area contributed by atoms with Gasteiger partial charge in [-0.25, -0.2) is 0 Å². The molecule has 0 bridgehead atoms. The van der Waals surface area contributed by atoms with Gasteiger partial charge in [0.05, 0.1) is 13.2 Å². The molecule has 0 atom stereocenters. The van der Waals surface area contributed by atoms with Gasteiger partial charge in [-0.05, 0) is 32.4 Å². The predicted octanol–water partition coefficient (Wildman–Crippen LogP) is 1.43. The molecule has 0 aromatic rings. The highest BCUT2D eigenvalue weighted by Crippen LogP contribution is 1.89.